The maximum atomic E-state index is 13.4. The van der Waals surface area contributed by atoms with Crippen molar-refractivity contribution in [3.8, 4) is 0 Å². The van der Waals surface area contributed by atoms with Crippen LogP contribution in [-0.2, 0) is 13.1 Å². The van der Waals surface area contributed by atoms with Crippen molar-refractivity contribution in [2.75, 3.05) is 0 Å². The van der Waals surface area contributed by atoms with Gasteiger partial charge in [-0.3, -0.25) is 0 Å². The predicted molar refractivity (Wildman–Crippen MR) is 70.8 cm³/mol. The van der Waals surface area contributed by atoms with E-state index in [1.54, 1.807) is 16.9 Å². The minimum atomic E-state index is -0.325. The number of imidazole rings is 1. The standard InChI is InChI=1S/C11H10BrFN6/c12-7-1-9-10(2-8(7)13)16-11(15-9)5-19-4-6(3-14)17-18-19/h1-2,4H,3,5,14H2,(H,15,16). The quantitative estimate of drug-likeness (QED) is 0.765. The van der Waals surface area contributed by atoms with Gasteiger partial charge in [0.1, 0.15) is 18.2 Å². The first kappa shape index (κ1) is 12.2. The molecule has 0 amide bonds. The van der Waals surface area contributed by atoms with Crippen LogP contribution in [0.15, 0.2) is 22.8 Å². The highest BCUT2D eigenvalue weighted by Crippen LogP contribution is 2.21. The monoisotopic (exact) mass is 324 g/mol. The number of hydrogen-bond acceptors (Lipinski definition) is 4. The number of rotatable bonds is 3. The van der Waals surface area contributed by atoms with Crippen LogP contribution in [-0.4, -0.2) is 25.0 Å². The van der Waals surface area contributed by atoms with Crippen molar-refractivity contribution in [3.63, 3.8) is 0 Å². The molecule has 0 unspecified atom stereocenters. The second kappa shape index (κ2) is 4.71. The summed E-state index contributed by atoms with van der Waals surface area (Å²) in [6.07, 6.45) is 1.75. The van der Waals surface area contributed by atoms with E-state index in [4.69, 9.17) is 5.73 Å². The zero-order valence-corrected chi connectivity index (χ0v) is 11.4. The number of H-pyrrole nitrogens is 1. The number of nitrogens with two attached hydrogens (primary N) is 1. The van der Waals surface area contributed by atoms with E-state index >= 15 is 0 Å². The van der Waals surface area contributed by atoms with Crippen LogP contribution in [0.4, 0.5) is 4.39 Å². The van der Waals surface area contributed by atoms with Gasteiger partial charge in [-0.2, -0.15) is 0 Å². The van der Waals surface area contributed by atoms with Crippen molar-refractivity contribution in [2.45, 2.75) is 13.1 Å². The van der Waals surface area contributed by atoms with Crippen LogP contribution >= 0.6 is 15.9 Å². The van der Waals surface area contributed by atoms with Gasteiger partial charge < -0.3 is 10.7 Å². The SMILES string of the molecule is NCc1cn(Cc2nc3cc(Br)c(F)cc3[nH]2)nn1. The summed E-state index contributed by atoms with van der Waals surface area (Å²) in [7, 11) is 0. The first-order valence-electron chi connectivity index (χ1n) is 5.58. The number of aromatic nitrogens is 5. The summed E-state index contributed by atoms with van der Waals surface area (Å²) in [5.74, 6) is 0.356. The molecule has 19 heavy (non-hydrogen) atoms. The molecule has 0 radical (unpaired) electrons. The number of benzene rings is 1. The van der Waals surface area contributed by atoms with Crippen molar-refractivity contribution in [1.29, 1.82) is 0 Å². The van der Waals surface area contributed by atoms with Gasteiger partial charge in [0.25, 0.3) is 0 Å². The van der Waals surface area contributed by atoms with Crippen molar-refractivity contribution in [3.05, 3.63) is 40.1 Å². The van der Waals surface area contributed by atoms with Gasteiger partial charge in [-0.1, -0.05) is 5.21 Å². The Kier molecular flexibility index (Phi) is 3.03. The number of halogens is 2. The molecule has 3 rings (SSSR count). The van der Waals surface area contributed by atoms with E-state index in [0.717, 1.165) is 0 Å². The Morgan fingerprint density at radius 3 is 3.00 bits per heavy atom. The van der Waals surface area contributed by atoms with Crippen LogP contribution < -0.4 is 5.73 Å². The molecule has 3 N–H and O–H groups in total. The van der Waals surface area contributed by atoms with Gasteiger partial charge in [-0.05, 0) is 22.0 Å². The Bertz CT molecular complexity index is 695. The molecule has 0 aliphatic rings. The number of fused-ring (bicyclic) bond motifs is 1. The van der Waals surface area contributed by atoms with Gasteiger partial charge in [-0.15, -0.1) is 5.10 Å². The van der Waals surface area contributed by atoms with Crippen LogP contribution in [0.1, 0.15) is 11.5 Å². The van der Waals surface area contributed by atoms with E-state index in [-0.39, 0.29) is 5.82 Å². The maximum Gasteiger partial charge on any atom is 0.139 e. The highest BCUT2D eigenvalue weighted by atomic mass is 79.9. The molecule has 3 aromatic rings. The maximum absolute atomic E-state index is 13.4. The lowest BCUT2D eigenvalue weighted by Gasteiger charge is -1.94. The molecule has 98 valence electrons. The number of hydrogen-bond donors (Lipinski definition) is 2. The average Bonchev–Trinajstić information content (AvgIpc) is 2.97. The van der Waals surface area contributed by atoms with E-state index in [9.17, 15) is 4.39 Å². The van der Waals surface area contributed by atoms with Gasteiger partial charge in [0.2, 0.25) is 0 Å². The fraction of sp³-hybridized carbons (Fsp3) is 0.182. The summed E-state index contributed by atoms with van der Waals surface area (Å²) in [4.78, 5) is 7.42. The zero-order valence-electron chi connectivity index (χ0n) is 9.77. The summed E-state index contributed by atoms with van der Waals surface area (Å²) < 4.78 is 15.4. The third kappa shape index (κ3) is 2.36. The van der Waals surface area contributed by atoms with Crippen molar-refractivity contribution < 1.29 is 4.39 Å². The second-order valence-electron chi connectivity index (χ2n) is 4.08. The van der Waals surface area contributed by atoms with Gasteiger partial charge in [0.15, 0.2) is 0 Å². The number of nitrogens with zero attached hydrogens (tertiary/aromatic N) is 4. The third-order valence-corrected chi connectivity index (χ3v) is 3.29. The topological polar surface area (TPSA) is 85.4 Å². The van der Waals surface area contributed by atoms with Crippen LogP contribution in [0, 0.1) is 5.82 Å². The molecule has 2 heterocycles. The molecule has 0 saturated carbocycles. The van der Waals surface area contributed by atoms with E-state index in [2.05, 4.69) is 36.2 Å². The first-order chi connectivity index (χ1) is 9.15. The fourth-order valence-corrected chi connectivity index (χ4v) is 2.13. The summed E-state index contributed by atoms with van der Waals surface area (Å²) in [5.41, 5.74) is 7.52. The molecule has 8 heteroatoms. The zero-order chi connectivity index (χ0) is 13.4. The molecule has 0 bridgehead atoms. The highest BCUT2D eigenvalue weighted by molar-refractivity contribution is 9.10. The Morgan fingerprint density at radius 1 is 1.42 bits per heavy atom. The molecule has 1 aromatic carbocycles. The van der Waals surface area contributed by atoms with Crippen molar-refractivity contribution in [2.24, 2.45) is 5.73 Å². The lowest BCUT2D eigenvalue weighted by molar-refractivity contribution is 0.622. The average molecular weight is 325 g/mol. The normalized spacial score (nSPS) is 11.3. The van der Waals surface area contributed by atoms with Crippen LogP contribution in [0.5, 0.6) is 0 Å². The molecule has 0 fully saturated rings. The highest BCUT2D eigenvalue weighted by Gasteiger charge is 2.08. The largest absolute Gasteiger partial charge is 0.340 e. The molecule has 0 aliphatic carbocycles. The Hall–Kier alpha value is -1.80. The summed E-state index contributed by atoms with van der Waals surface area (Å²) in [6.45, 7) is 0.777. The Labute approximate surface area is 115 Å². The van der Waals surface area contributed by atoms with Gasteiger partial charge in [0.05, 0.1) is 27.4 Å². The van der Waals surface area contributed by atoms with Crippen LogP contribution in [0.3, 0.4) is 0 Å². The van der Waals surface area contributed by atoms with Crippen molar-refractivity contribution >= 4 is 27.0 Å². The van der Waals surface area contributed by atoms with Gasteiger partial charge >= 0.3 is 0 Å². The van der Waals surface area contributed by atoms with Gasteiger partial charge in [-0.25, -0.2) is 14.1 Å². The Morgan fingerprint density at radius 2 is 2.26 bits per heavy atom. The van der Waals surface area contributed by atoms with Crippen LogP contribution in [0.25, 0.3) is 11.0 Å². The minimum Gasteiger partial charge on any atom is -0.340 e. The van der Waals surface area contributed by atoms with E-state index < -0.39 is 0 Å². The van der Waals surface area contributed by atoms with Crippen LogP contribution in [0.2, 0.25) is 0 Å². The fourth-order valence-electron chi connectivity index (χ4n) is 1.80. The smallest absolute Gasteiger partial charge is 0.139 e. The van der Waals surface area contributed by atoms with E-state index in [0.29, 0.717) is 40.1 Å². The molecular weight excluding hydrogens is 315 g/mol. The van der Waals surface area contributed by atoms with E-state index in [1.807, 2.05) is 0 Å². The summed E-state index contributed by atoms with van der Waals surface area (Å²) in [6, 6.07) is 3.04. The third-order valence-electron chi connectivity index (χ3n) is 2.68. The number of nitrogens with one attached hydrogen (secondary N) is 1. The lowest BCUT2D eigenvalue weighted by atomic mass is 10.3. The Balaban J connectivity index is 1.92. The molecule has 0 spiro atoms. The molecular formula is C11H10BrFN6. The number of aromatic amines is 1. The molecule has 0 saturated heterocycles. The molecule has 6 nitrogen and oxygen atoms in total. The molecule has 2 aromatic heterocycles. The molecule has 0 atom stereocenters. The van der Waals surface area contributed by atoms with E-state index in [1.165, 1.54) is 6.07 Å². The predicted octanol–water partition coefficient (Wildman–Crippen LogP) is 1.56. The lowest BCUT2D eigenvalue weighted by Crippen LogP contribution is -2.02. The van der Waals surface area contributed by atoms with Gasteiger partial charge in [0, 0.05) is 12.6 Å². The summed E-state index contributed by atoms with van der Waals surface area (Å²) in [5, 5.41) is 7.82. The second-order valence-corrected chi connectivity index (χ2v) is 4.93. The minimum absolute atomic E-state index is 0.325. The summed E-state index contributed by atoms with van der Waals surface area (Å²) >= 11 is 3.13. The molecule has 0 aliphatic heterocycles. The van der Waals surface area contributed by atoms with Crippen molar-refractivity contribution in [1.82, 2.24) is 25.0 Å². The first-order valence-corrected chi connectivity index (χ1v) is 6.37.